The average Bonchev–Trinajstić information content (AvgIpc) is 2.66. The minimum Gasteiger partial charge on any atom is -0.339 e. The molecule has 0 aliphatic carbocycles. The molecular formula is C22H42N2O2. The molecule has 2 fully saturated rings. The number of unbranched alkanes of at least 4 members (excludes halogenated alkanes) is 4. The fraction of sp³-hybridized carbons (Fsp3) is 0.955. The first-order chi connectivity index (χ1) is 12.0. The number of ether oxygens (including phenoxy) is 1. The number of hydrogen-bond acceptors (Lipinski definition) is 3. The Morgan fingerprint density at radius 2 is 1.50 bits per heavy atom. The number of nitrogens with one attached hydrogen (secondary N) is 1. The molecule has 1 spiro atoms. The maximum atomic E-state index is 13.5. The van der Waals surface area contributed by atoms with Crippen molar-refractivity contribution >= 4 is 5.91 Å². The Hall–Kier alpha value is -0.610. The van der Waals surface area contributed by atoms with Crippen LogP contribution in [0.1, 0.15) is 106 Å². The number of amides is 1. The van der Waals surface area contributed by atoms with Crippen LogP contribution in [-0.4, -0.2) is 39.8 Å². The lowest BCUT2D eigenvalue weighted by Crippen LogP contribution is -2.67. The van der Waals surface area contributed by atoms with Crippen molar-refractivity contribution < 1.29 is 9.53 Å². The lowest BCUT2D eigenvalue weighted by Gasteiger charge is -2.53. The second kappa shape index (κ2) is 7.79. The molecule has 0 aromatic rings. The molecule has 4 heteroatoms. The summed E-state index contributed by atoms with van der Waals surface area (Å²) in [5.41, 5.74) is -1.24. The fourth-order valence-electron chi connectivity index (χ4n) is 5.37. The number of carbonyl (C=O) groups excluding carboxylic acids is 1. The van der Waals surface area contributed by atoms with Crippen molar-refractivity contribution in [2.24, 2.45) is 0 Å². The monoisotopic (exact) mass is 366 g/mol. The molecule has 0 bridgehead atoms. The molecule has 1 amide bonds. The van der Waals surface area contributed by atoms with Crippen LogP contribution in [0, 0.1) is 0 Å². The Morgan fingerprint density at radius 3 is 2.04 bits per heavy atom. The summed E-state index contributed by atoms with van der Waals surface area (Å²) >= 11 is 0. The number of carbonyl (C=O) groups is 1. The van der Waals surface area contributed by atoms with Crippen LogP contribution in [0.2, 0.25) is 0 Å². The molecule has 0 aromatic carbocycles. The molecule has 152 valence electrons. The highest BCUT2D eigenvalue weighted by Crippen LogP contribution is 2.49. The Labute approximate surface area is 161 Å². The summed E-state index contributed by atoms with van der Waals surface area (Å²) in [6.45, 7) is 16.2. The third kappa shape index (κ3) is 4.62. The highest BCUT2D eigenvalue weighted by molar-refractivity contribution is 5.87. The number of nitrogens with zero attached hydrogens (tertiary/aromatic N) is 1. The van der Waals surface area contributed by atoms with Crippen molar-refractivity contribution in [3.05, 3.63) is 0 Å². The highest BCUT2D eigenvalue weighted by atomic mass is 16.6. The molecule has 1 unspecified atom stereocenters. The Kier molecular flexibility index (Phi) is 6.50. The zero-order chi connectivity index (χ0) is 19.6. The van der Waals surface area contributed by atoms with Gasteiger partial charge in [-0.1, -0.05) is 46.0 Å². The van der Waals surface area contributed by atoms with E-state index in [0.717, 1.165) is 45.1 Å². The maximum absolute atomic E-state index is 13.5. The summed E-state index contributed by atoms with van der Waals surface area (Å²) in [5, 5.41) is 3.74. The Balaban J connectivity index is 2.28. The van der Waals surface area contributed by atoms with E-state index in [2.05, 4.69) is 51.8 Å². The number of rotatable bonds is 8. The molecule has 0 saturated carbocycles. The molecule has 2 aliphatic rings. The second-order valence-electron chi connectivity index (χ2n) is 10.1. The molecule has 26 heavy (non-hydrogen) atoms. The van der Waals surface area contributed by atoms with Crippen LogP contribution in [0.25, 0.3) is 0 Å². The minimum absolute atomic E-state index is 0.0556. The van der Waals surface area contributed by atoms with Gasteiger partial charge >= 0.3 is 0 Å². The van der Waals surface area contributed by atoms with E-state index in [1.807, 2.05) is 6.92 Å². The van der Waals surface area contributed by atoms with Crippen LogP contribution >= 0.6 is 0 Å². The van der Waals surface area contributed by atoms with E-state index < -0.39 is 11.3 Å². The van der Waals surface area contributed by atoms with Crippen LogP contribution in [0.4, 0.5) is 0 Å². The summed E-state index contributed by atoms with van der Waals surface area (Å²) in [6.07, 6.45) is 9.37. The molecule has 2 saturated heterocycles. The van der Waals surface area contributed by atoms with Crippen LogP contribution in [0.3, 0.4) is 0 Å². The molecule has 1 atom stereocenters. The van der Waals surface area contributed by atoms with Crippen molar-refractivity contribution in [1.82, 2.24) is 10.2 Å². The smallest absolute Gasteiger partial charge is 0.256 e. The predicted octanol–water partition coefficient (Wildman–Crippen LogP) is 5.01. The maximum Gasteiger partial charge on any atom is 0.256 e. The fourth-order valence-corrected chi connectivity index (χ4v) is 5.37. The van der Waals surface area contributed by atoms with Crippen molar-refractivity contribution in [2.45, 2.75) is 129 Å². The lowest BCUT2D eigenvalue weighted by atomic mass is 9.76. The van der Waals surface area contributed by atoms with Gasteiger partial charge in [0, 0.05) is 30.5 Å². The molecule has 2 rings (SSSR count). The molecule has 0 radical (unpaired) electrons. The van der Waals surface area contributed by atoms with E-state index in [1.54, 1.807) is 0 Å². The normalized spacial score (nSPS) is 29.5. The van der Waals surface area contributed by atoms with Crippen molar-refractivity contribution in [2.75, 3.05) is 6.54 Å². The molecule has 1 N–H and O–H groups in total. The van der Waals surface area contributed by atoms with E-state index in [0.29, 0.717) is 0 Å². The average molecular weight is 367 g/mol. The zero-order valence-electron chi connectivity index (χ0n) is 18.3. The highest BCUT2D eigenvalue weighted by Gasteiger charge is 2.62. The lowest BCUT2D eigenvalue weighted by molar-refractivity contribution is -0.182. The van der Waals surface area contributed by atoms with Crippen LogP contribution in [-0.2, 0) is 9.53 Å². The standard InChI is InChI=1S/C22H42N2O2/c1-8-10-12-13-14-21(7)18(25)24(15-11-9-2)22(26-21)16-19(3,4)23-20(5,6)17-22/h23H,8-17H2,1-7H3. The quantitative estimate of drug-likeness (QED) is 0.614. The van der Waals surface area contributed by atoms with Crippen LogP contribution in [0.15, 0.2) is 0 Å². The van der Waals surface area contributed by atoms with Gasteiger partial charge in [0.2, 0.25) is 0 Å². The van der Waals surface area contributed by atoms with Crippen LogP contribution in [0.5, 0.6) is 0 Å². The predicted molar refractivity (Wildman–Crippen MR) is 108 cm³/mol. The van der Waals surface area contributed by atoms with Gasteiger partial charge in [-0.25, -0.2) is 0 Å². The number of hydrogen-bond donors (Lipinski definition) is 1. The van der Waals surface area contributed by atoms with E-state index >= 15 is 0 Å². The molecule has 2 heterocycles. The summed E-state index contributed by atoms with van der Waals surface area (Å²) in [4.78, 5) is 15.6. The van der Waals surface area contributed by atoms with Gasteiger partial charge in [0.25, 0.3) is 5.91 Å². The van der Waals surface area contributed by atoms with Gasteiger partial charge < -0.3 is 15.0 Å². The van der Waals surface area contributed by atoms with Gasteiger partial charge in [0.15, 0.2) is 0 Å². The summed E-state index contributed by atoms with van der Waals surface area (Å²) in [7, 11) is 0. The summed E-state index contributed by atoms with van der Waals surface area (Å²) < 4.78 is 6.79. The van der Waals surface area contributed by atoms with E-state index in [9.17, 15) is 4.79 Å². The Bertz CT molecular complexity index is 484. The first-order valence-corrected chi connectivity index (χ1v) is 10.8. The van der Waals surface area contributed by atoms with Gasteiger partial charge in [-0.2, -0.15) is 0 Å². The topological polar surface area (TPSA) is 41.6 Å². The van der Waals surface area contributed by atoms with E-state index in [-0.39, 0.29) is 17.0 Å². The zero-order valence-corrected chi connectivity index (χ0v) is 18.3. The molecule has 0 aromatic heterocycles. The number of piperidine rings is 1. The van der Waals surface area contributed by atoms with Gasteiger partial charge in [0.1, 0.15) is 11.3 Å². The summed E-state index contributed by atoms with van der Waals surface area (Å²) in [6, 6.07) is 0. The Morgan fingerprint density at radius 1 is 0.923 bits per heavy atom. The first kappa shape index (κ1) is 21.7. The van der Waals surface area contributed by atoms with Gasteiger partial charge in [-0.3, -0.25) is 4.79 Å². The van der Waals surface area contributed by atoms with Gasteiger partial charge in [-0.15, -0.1) is 0 Å². The van der Waals surface area contributed by atoms with Crippen molar-refractivity contribution in [1.29, 1.82) is 0 Å². The van der Waals surface area contributed by atoms with Crippen molar-refractivity contribution in [3.63, 3.8) is 0 Å². The second-order valence-corrected chi connectivity index (χ2v) is 10.1. The summed E-state index contributed by atoms with van der Waals surface area (Å²) in [5.74, 6) is 0.218. The molecule has 4 nitrogen and oxygen atoms in total. The first-order valence-electron chi connectivity index (χ1n) is 10.8. The van der Waals surface area contributed by atoms with E-state index in [4.69, 9.17) is 4.74 Å². The van der Waals surface area contributed by atoms with Crippen molar-refractivity contribution in [3.8, 4) is 0 Å². The molecule has 2 aliphatic heterocycles. The van der Waals surface area contributed by atoms with E-state index in [1.165, 1.54) is 19.3 Å². The minimum atomic E-state index is -0.662. The SMILES string of the molecule is CCCCCCC1(C)OC2(CC(C)(C)NC(C)(C)C2)N(CCCC)C1=O. The third-order valence-electron chi connectivity index (χ3n) is 5.96. The largest absolute Gasteiger partial charge is 0.339 e. The van der Waals surface area contributed by atoms with Gasteiger partial charge in [0.05, 0.1) is 0 Å². The molecular weight excluding hydrogens is 324 g/mol. The van der Waals surface area contributed by atoms with Crippen LogP contribution < -0.4 is 5.32 Å². The van der Waals surface area contributed by atoms with Gasteiger partial charge in [-0.05, 0) is 47.5 Å². The third-order valence-corrected chi connectivity index (χ3v) is 5.96.